The van der Waals surface area contributed by atoms with Gasteiger partial charge in [-0.25, -0.2) is 0 Å². The quantitative estimate of drug-likeness (QED) is 0.446. The van der Waals surface area contributed by atoms with Crippen molar-refractivity contribution in [2.45, 2.75) is 38.1 Å². The summed E-state index contributed by atoms with van der Waals surface area (Å²) in [4.78, 5) is 40.1. The summed E-state index contributed by atoms with van der Waals surface area (Å²) in [6.07, 6.45) is 4.94. The normalized spacial score (nSPS) is 18.8. The summed E-state index contributed by atoms with van der Waals surface area (Å²) in [6, 6.07) is 16.7. The highest BCUT2D eigenvalue weighted by Gasteiger charge is 2.30. The molecule has 2 saturated heterocycles. The van der Waals surface area contributed by atoms with E-state index in [1.165, 1.54) is 0 Å². The monoisotopic (exact) mass is 477 g/mol. The van der Waals surface area contributed by atoms with Gasteiger partial charge in [-0.3, -0.25) is 19.7 Å². The number of carbonyl (C=O) groups is 2. The van der Waals surface area contributed by atoms with Gasteiger partial charge in [0.25, 0.3) is 6.20 Å². The molecule has 0 aromatic heterocycles. The van der Waals surface area contributed by atoms with Gasteiger partial charge in [0.05, 0.1) is 11.5 Å². The summed E-state index contributed by atoms with van der Waals surface area (Å²) in [5.41, 5.74) is 2.66. The molecule has 2 aromatic carbocycles. The number of nitrogens with one attached hydrogen (secondary N) is 2. The highest BCUT2D eigenvalue weighted by atomic mass is 16.6. The lowest BCUT2D eigenvalue weighted by molar-refractivity contribution is -0.403. The van der Waals surface area contributed by atoms with E-state index in [4.69, 9.17) is 0 Å². The van der Waals surface area contributed by atoms with Gasteiger partial charge in [0.1, 0.15) is 6.04 Å². The average Bonchev–Trinajstić information content (AvgIpc) is 3.35. The molecule has 1 unspecified atom stereocenters. The van der Waals surface area contributed by atoms with Crippen LogP contribution in [0.3, 0.4) is 0 Å². The molecule has 2 aliphatic rings. The van der Waals surface area contributed by atoms with Crippen molar-refractivity contribution in [3.8, 4) is 11.1 Å². The second-order valence-corrected chi connectivity index (χ2v) is 8.94. The van der Waals surface area contributed by atoms with Crippen LogP contribution in [0.4, 0.5) is 5.69 Å². The fourth-order valence-corrected chi connectivity index (χ4v) is 4.59. The van der Waals surface area contributed by atoms with Gasteiger partial charge in [-0.2, -0.15) is 0 Å². The Morgan fingerprint density at radius 2 is 1.71 bits per heavy atom. The van der Waals surface area contributed by atoms with Crippen molar-refractivity contribution >= 4 is 17.5 Å². The van der Waals surface area contributed by atoms with E-state index in [0.29, 0.717) is 18.7 Å². The smallest absolute Gasteiger partial charge is 0.274 e. The highest BCUT2D eigenvalue weighted by Crippen LogP contribution is 2.23. The predicted molar refractivity (Wildman–Crippen MR) is 134 cm³/mol. The van der Waals surface area contributed by atoms with Crippen molar-refractivity contribution in [3.63, 3.8) is 0 Å². The number of amides is 2. The Morgan fingerprint density at radius 1 is 1.00 bits per heavy atom. The Kier molecular flexibility index (Phi) is 7.97. The third-order valence-electron chi connectivity index (χ3n) is 6.38. The van der Waals surface area contributed by atoms with E-state index in [9.17, 15) is 19.7 Å². The van der Waals surface area contributed by atoms with Crippen LogP contribution >= 0.6 is 0 Å². The molecular formula is C26H31N5O4. The fourth-order valence-electron chi connectivity index (χ4n) is 4.59. The molecule has 1 atom stereocenters. The van der Waals surface area contributed by atoms with Crippen LogP contribution in [0.2, 0.25) is 0 Å². The molecule has 2 fully saturated rings. The van der Waals surface area contributed by atoms with Gasteiger partial charge in [0.15, 0.2) is 5.82 Å². The van der Waals surface area contributed by atoms with Crippen LogP contribution in [0.1, 0.15) is 32.1 Å². The Hall–Kier alpha value is -3.88. The number of nitro groups is 1. The van der Waals surface area contributed by atoms with Gasteiger partial charge < -0.3 is 20.4 Å². The zero-order chi connectivity index (χ0) is 24.6. The Morgan fingerprint density at radius 3 is 2.46 bits per heavy atom. The number of hydrogen-bond donors (Lipinski definition) is 2. The maximum absolute atomic E-state index is 13.3. The SMILES string of the molecule is O=C(CN1CCCCC(NC(=C[N+](=O)[O-])Nc2cccc(-c3ccccc3)c2)C1=O)N1CCCC1. The third-order valence-corrected chi connectivity index (χ3v) is 6.38. The minimum absolute atomic E-state index is 0.0339. The Balaban J connectivity index is 1.47. The molecule has 2 N–H and O–H groups in total. The first-order valence-electron chi connectivity index (χ1n) is 12.1. The van der Waals surface area contributed by atoms with Crippen LogP contribution < -0.4 is 10.6 Å². The molecule has 2 aromatic rings. The van der Waals surface area contributed by atoms with E-state index in [2.05, 4.69) is 10.6 Å². The number of likely N-dealkylation sites (tertiary alicyclic amines) is 2. The van der Waals surface area contributed by atoms with Crippen molar-refractivity contribution in [2.24, 2.45) is 0 Å². The number of rotatable bonds is 8. The molecule has 2 heterocycles. The predicted octanol–water partition coefficient (Wildman–Crippen LogP) is 3.43. The van der Waals surface area contributed by atoms with E-state index in [-0.39, 0.29) is 24.2 Å². The number of hydrogen-bond acceptors (Lipinski definition) is 6. The molecule has 35 heavy (non-hydrogen) atoms. The lowest BCUT2D eigenvalue weighted by Gasteiger charge is -2.27. The average molecular weight is 478 g/mol. The summed E-state index contributed by atoms with van der Waals surface area (Å²) in [5, 5.41) is 17.5. The van der Waals surface area contributed by atoms with Gasteiger partial charge in [0.2, 0.25) is 11.8 Å². The van der Waals surface area contributed by atoms with E-state index in [1.807, 2.05) is 54.6 Å². The molecule has 0 saturated carbocycles. The van der Waals surface area contributed by atoms with Crippen molar-refractivity contribution in [3.05, 3.63) is 76.7 Å². The summed E-state index contributed by atoms with van der Waals surface area (Å²) in [5.74, 6) is -0.108. The van der Waals surface area contributed by atoms with E-state index < -0.39 is 11.0 Å². The zero-order valence-corrected chi connectivity index (χ0v) is 19.7. The van der Waals surface area contributed by atoms with E-state index >= 15 is 0 Å². The van der Waals surface area contributed by atoms with Crippen LogP contribution in [-0.4, -0.2) is 58.8 Å². The lowest BCUT2D eigenvalue weighted by Crippen LogP contribution is -2.49. The molecule has 2 amide bonds. The number of nitrogens with zero attached hydrogens (tertiary/aromatic N) is 3. The molecule has 0 bridgehead atoms. The third kappa shape index (κ3) is 6.59. The van der Waals surface area contributed by atoms with Gasteiger partial charge in [0, 0.05) is 25.3 Å². The largest absolute Gasteiger partial charge is 0.355 e. The van der Waals surface area contributed by atoms with Crippen molar-refractivity contribution < 1.29 is 14.5 Å². The number of carbonyl (C=O) groups excluding carboxylic acids is 2. The Labute approximate surface area is 204 Å². The van der Waals surface area contributed by atoms with E-state index in [0.717, 1.165) is 56.1 Å². The number of benzene rings is 2. The van der Waals surface area contributed by atoms with Crippen LogP contribution in [0.25, 0.3) is 11.1 Å². The zero-order valence-electron chi connectivity index (χ0n) is 19.7. The van der Waals surface area contributed by atoms with Crippen LogP contribution in [0.5, 0.6) is 0 Å². The number of anilines is 1. The Bertz CT molecular complexity index is 1080. The standard InChI is InChI=1S/C26H31N5O4/c32-25(29-14-6-7-15-29)19-30-16-5-4-13-23(26(30)33)28-24(18-31(34)35)27-22-12-8-11-21(17-22)20-9-2-1-3-10-20/h1-3,8-12,17-18,23,27-28H,4-7,13-16,19H2. The second-order valence-electron chi connectivity index (χ2n) is 8.94. The second kappa shape index (κ2) is 11.5. The molecule has 0 aliphatic carbocycles. The molecule has 2 aliphatic heterocycles. The van der Waals surface area contributed by atoms with Gasteiger partial charge >= 0.3 is 0 Å². The maximum Gasteiger partial charge on any atom is 0.274 e. The van der Waals surface area contributed by atoms with Crippen LogP contribution in [-0.2, 0) is 9.59 Å². The van der Waals surface area contributed by atoms with Crippen LogP contribution in [0, 0.1) is 10.1 Å². The molecule has 4 rings (SSSR count). The summed E-state index contributed by atoms with van der Waals surface area (Å²) < 4.78 is 0. The summed E-state index contributed by atoms with van der Waals surface area (Å²) in [7, 11) is 0. The maximum atomic E-state index is 13.3. The summed E-state index contributed by atoms with van der Waals surface area (Å²) in [6.45, 7) is 2.05. The molecule has 0 radical (unpaired) electrons. The molecule has 184 valence electrons. The van der Waals surface area contributed by atoms with Gasteiger partial charge in [-0.1, -0.05) is 42.5 Å². The molecule has 9 nitrogen and oxygen atoms in total. The highest BCUT2D eigenvalue weighted by molar-refractivity contribution is 5.88. The van der Waals surface area contributed by atoms with Crippen LogP contribution in [0.15, 0.2) is 66.6 Å². The first-order valence-corrected chi connectivity index (χ1v) is 12.1. The van der Waals surface area contributed by atoms with Gasteiger partial charge in [-0.05, 0) is 55.4 Å². The minimum atomic E-state index is -0.653. The topological polar surface area (TPSA) is 108 Å². The van der Waals surface area contributed by atoms with Crippen molar-refractivity contribution in [1.82, 2.24) is 15.1 Å². The molecular weight excluding hydrogens is 446 g/mol. The fraction of sp³-hybridized carbons (Fsp3) is 0.385. The minimum Gasteiger partial charge on any atom is -0.355 e. The van der Waals surface area contributed by atoms with E-state index in [1.54, 1.807) is 9.80 Å². The summed E-state index contributed by atoms with van der Waals surface area (Å²) >= 11 is 0. The first-order chi connectivity index (χ1) is 17.0. The van der Waals surface area contributed by atoms with Crippen molar-refractivity contribution in [2.75, 3.05) is 31.5 Å². The lowest BCUT2D eigenvalue weighted by atomic mass is 10.1. The van der Waals surface area contributed by atoms with Crippen molar-refractivity contribution in [1.29, 1.82) is 0 Å². The molecule has 0 spiro atoms. The van der Waals surface area contributed by atoms with Gasteiger partial charge in [-0.15, -0.1) is 0 Å². The first kappa shape index (κ1) is 24.3. The molecule has 9 heteroatoms.